The Hall–Kier alpha value is -1.76. The Labute approximate surface area is 145 Å². The summed E-state index contributed by atoms with van der Waals surface area (Å²) in [5.74, 6) is 0.525. The summed E-state index contributed by atoms with van der Waals surface area (Å²) in [5, 5.41) is 11.0. The number of fused-ring (bicyclic) bond motifs is 2. The van der Waals surface area contributed by atoms with Crippen molar-refractivity contribution in [2.24, 2.45) is 0 Å². The topological polar surface area (TPSA) is 20.2 Å². The van der Waals surface area contributed by atoms with E-state index in [9.17, 15) is 5.11 Å². The second kappa shape index (κ2) is 5.95. The third-order valence-corrected chi connectivity index (χ3v) is 6.23. The number of aryl methyl sites for hydroxylation is 4. The van der Waals surface area contributed by atoms with Gasteiger partial charge in [0.15, 0.2) is 0 Å². The van der Waals surface area contributed by atoms with E-state index >= 15 is 0 Å². The highest BCUT2D eigenvalue weighted by molar-refractivity contribution is 5.83. The lowest BCUT2D eigenvalue weighted by atomic mass is 9.77. The Balaban J connectivity index is 2.07. The van der Waals surface area contributed by atoms with Gasteiger partial charge >= 0.3 is 0 Å². The molecule has 1 N–H and O–H groups in total. The molecule has 126 valence electrons. The molecule has 0 unspecified atom stereocenters. The number of phenols is 1. The molecule has 0 fully saturated rings. The summed E-state index contributed by atoms with van der Waals surface area (Å²) in [5.41, 5.74) is 12.2. The lowest BCUT2D eigenvalue weighted by molar-refractivity contribution is 0.471. The van der Waals surface area contributed by atoms with Crippen LogP contribution in [0.15, 0.2) is 12.1 Å². The van der Waals surface area contributed by atoms with E-state index in [0.29, 0.717) is 5.75 Å². The van der Waals surface area contributed by atoms with Gasteiger partial charge in [-0.1, -0.05) is 12.1 Å². The summed E-state index contributed by atoms with van der Waals surface area (Å²) in [7, 11) is 0. The van der Waals surface area contributed by atoms with Gasteiger partial charge in [0.25, 0.3) is 0 Å². The first-order valence-electron chi connectivity index (χ1n) is 9.54. The van der Waals surface area contributed by atoms with E-state index < -0.39 is 0 Å². The molecule has 0 aliphatic heterocycles. The van der Waals surface area contributed by atoms with Crippen molar-refractivity contribution >= 4 is 0 Å². The van der Waals surface area contributed by atoms with Gasteiger partial charge in [0.2, 0.25) is 0 Å². The molecular formula is C23H28O. The van der Waals surface area contributed by atoms with E-state index in [2.05, 4.69) is 32.9 Å². The maximum atomic E-state index is 11.0. The quantitative estimate of drug-likeness (QED) is 0.710. The number of hydrogen-bond acceptors (Lipinski definition) is 1. The predicted molar refractivity (Wildman–Crippen MR) is 101 cm³/mol. The minimum atomic E-state index is 0.525. The maximum Gasteiger partial charge on any atom is 0.126 e. The molecule has 2 aliphatic rings. The van der Waals surface area contributed by atoms with Gasteiger partial charge in [0.1, 0.15) is 5.75 Å². The zero-order valence-electron chi connectivity index (χ0n) is 15.3. The average Bonchev–Trinajstić information content (AvgIpc) is 2.58. The normalized spacial score (nSPS) is 16.6. The predicted octanol–water partition coefficient (Wildman–Crippen LogP) is 5.74. The van der Waals surface area contributed by atoms with Crippen LogP contribution >= 0.6 is 0 Å². The van der Waals surface area contributed by atoms with Gasteiger partial charge < -0.3 is 5.11 Å². The van der Waals surface area contributed by atoms with Crippen LogP contribution < -0.4 is 0 Å². The Kier molecular flexibility index (Phi) is 3.90. The van der Waals surface area contributed by atoms with Crippen LogP contribution in [0, 0.1) is 20.8 Å². The van der Waals surface area contributed by atoms with Crippen LogP contribution in [-0.2, 0) is 25.7 Å². The monoisotopic (exact) mass is 320 g/mol. The zero-order valence-corrected chi connectivity index (χ0v) is 15.3. The maximum absolute atomic E-state index is 11.0. The fourth-order valence-corrected chi connectivity index (χ4v) is 4.82. The summed E-state index contributed by atoms with van der Waals surface area (Å²) < 4.78 is 0. The Morgan fingerprint density at radius 3 is 1.79 bits per heavy atom. The highest BCUT2D eigenvalue weighted by atomic mass is 16.3. The number of rotatable bonds is 1. The van der Waals surface area contributed by atoms with Crippen molar-refractivity contribution in [2.45, 2.75) is 72.1 Å². The minimum absolute atomic E-state index is 0.525. The first-order chi connectivity index (χ1) is 11.6. The fraction of sp³-hybridized carbons (Fsp3) is 0.478. The highest BCUT2D eigenvalue weighted by Crippen LogP contribution is 2.45. The molecule has 0 heterocycles. The van der Waals surface area contributed by atoms with Gasteiger partial charge in [-0.3, -0.25) is 0 Å². The largest absolute Gasteiger partial charge is 0.507 e. The number of aromatic hydroxyl groups is 1. The van der Waals surface area contributed by atoms with Crippen molar-refractivity contribution in [1.82, 2.24) is 0 Å². The lowest BCUT2D eigenvalue weighted by Crippen LogP contribution is -2.11. The third kappa shape index (κ3) is 2.37. The Morgan fingerprint density at radius 1 is 0.667 bits per heavy atom. The van der Waals surface area contributed by atoms with Crippen LogP contribution in [-0.4, -0.2) is 5.11 Å². The molecule has 1 heteroatoms. The smallest absolute Gasteiger partial charge is 0.126 e. The summed E-state index contributed by atoms with van der Waals surface area (Å²) in [6.45, 7) is 6.54. The molecule has 2 aromatic carbocycles. The molecule has 0 saturated heterocycles. The number of hydrogen-bond donors (Lipinski definition) is 1. The third-order valence-electron chi connectivity index (χ3n) is 6.23. The van der Waals surface area contributed by atoms with Crippen LogP contribution in [0.4, 0.5) is 0 Å². The van der Waals surface area contributed by atoms with E-state index in [4.69, 9.17) is 0 Å². The van der Waals surface area contributed by atoms with E-state index in [1.54, 1.807) is 0 Å². The molecule has 0 spiro atoms. The summed E-state index contributed by atoms with van der Waals surface area (Å²) in [6, 6.07) is 4.62. The van der Waals surface area contributed by atoms with Gasteiger partial charge in [-0.25, -0.2) is 0 Å². The second-order valence-corrected chi connectivity index (χ2v) is 7.80. The summed E-state index contributed by atoms with van der Waals surface area (Å²) in [6.07, 6.45) is 9.73. The molecule has 0 radical (unpaired) electrons. The lowest BCUT2D eigenvalue weighted by Gasteiger charge is -2.28. The van der Waals surface area contributed by atoms with Crippen molar-refractivity contribution in [2.75, 3.05) is 0 Å². The average molecular weight is 320 g/mol. The fourth-order valence-electron chi connectivity index (χ4n) is 4.82. The van der Waals surface area contributed by atoms with Crippen molar-refractivity contribution in [3.63, 3.8) is 0 Å². The summed E-state index contributed by atoms with van der Waals surface area (Å²) >= 11 is 0. The first-order valence-corrected chi connectivity index (χ1v) is 9.54. The van der Waals surface area contributed by atoms with Gasteiger partial charge in [-0.2, -0.15) is 0 Å². The van der Waals surface area contributed by atoms with Gasteiger partial charge in [0.05, 0.1) is 0 Å². The molecule has 2 aliphatic carbocycles. The molecule has 0 atom stereocenters. The van der Waals surface area contributed by atoms with E-state index in [1.807, 2.05) is 0 Å². The minimum Gasteiger partial charge on any atom is -0.507 e. The highest BCUT2D eigenvalue weighted by Gasteiger charge is 2.25. The molecule has 0 aromatic heterocycles. The first kappa shape index (κ1) is 15.7. The Bertz CT molecular complexity index is 744. The van der Waals surface area contributed by atoms with Crippen molar-refractivity contribution < 1.29 is 5.11 Å². The van der Waals surface area contributed by atoms with Crippen molar-refractivity contribution in [3.05, 3.63) is 51.1 Å². The number of phenolic OH excluding ortho intramolecular Hbond substituents is 1. The van der Waals surface area contributed by atoms with Crippen LogP contribution in [0.2, 0.25) is 0 Å². The standard InChI is InChI=1S/C23H28O/c1-14-12-17-8-4-6-10-19(17)21(16(14)3)22-20-11-7-5-9-18(20)13-15(2)23(22)24/h12-13,24H,4-11H2,1-3H3. The van der Waals surface area contributed by atoms with Crippen LogP contribution in [0.1, 0.15) is 64.6 Å². The molecule has 1 nitrogen and oxygen atoms in total. The van der Waals surface area contributed by atoms with E-state index in [1.165, 1.54) is 76.6 Å². The second-order valence-electron chi connectivity index (χ2n) is 7.80. The molecule has 24 heavy (non-hydrogen) atoms. The van der Waals surface area contributed by atoms with Crippen LogP contribution in [0.3, 0.4) is 0 Å². The molecule has 4 rings (SSSR count). The number of benzene rings is 2. The van der Waals surface area contributed by atoms with Crippen LogP contribution in [0.25, 0.3) is 11.1 Å². The van der Waals surface area contributed by atoms with E-state index in [0.717, 1.165) is 24.8 Å². The molecule has 0 bridgehead atoms. The van der Waals surface area contributed by atoms with Gasteiger partial charge in [-0.15, -0.1) is 0 Å². The molecular weight excluding hydrogens is 292 g/mol. The molecule has 0 amide bonds. The van der Waals surface area contributed by atoms with Gasteiger partial charge in [-0.05, 0) is 117 Å². The SMILES string of the molecule is Cc1cc2c(c(-c3c(O)c(C)cc4c3CCCC4)c1C)CCCC2. The van der Waals surface area contributed by atoms with Gasteiger partial charge in [0, 0.05) is 5.56 Å². The van der Waals surface area contributed by atoms with E-state index in [-0.39, 0.29) is 0 Å². The molecule has 2 aromatic rings. The van der Waals surface area contributed by atoms with Crippen LogP contribution in [0.5, 0.6) is 5.75 Å². The van der Waals surface area contributed by atoms with Crippen molar-refractivity contribution in [3.8, 4) is 16.9 Å². The zero-order chi connectivity index (χ0) is 16.8. The Morgan fingerprint density at radius 2 is 1.17 bits per heavy atom. The summed E-state index contributed by atoms with van der Waals surface area (Å²) in [4.78, 5) is 0. The van der Waals surface area contributed by atoms with Crippen molar-refractivity contribution in [1.29, 1.82) is 0 Å². The molecule has 0 saturated carbocycles.